The van der Waals surface area contributed by atoms with E-state index in [9.17, 15) is 0 Å². The second-order valence-electron chi connectivity index (χ2n) is 5.37. The number of likely N-dealkylation sites (N-methyl/N-ethyl adjacent to an activating group) is 2. The molecule has 0 aromatic carbocycles. The molecule has 1 atom stereocenters. The predicted octanol–water partition coefficient (Wildman–Crippen LogP) is 2.97. The van der Waals surface area contributed by atoms with Crippen molar-refractivity contribution in [3.05, 3.63) is 18.2 Å². The molecule has 0 saturated carbocycles. The second kappa shape index (κ2) is 7.79. The number of imidazole rings is 1. The van der Waals surface area contributed by atoms with Crippen LogP contribution >= 0.6 is 0 Å². The Morgan fingerprint density at radius 1 is 1.20 bits per heavy atom. The minimum absolute atomic E-state index is 0.124. The van der Waals surface area contributed by atoms with E-state index >= 15 is 0 Å². The molecule has 0 bridgehead atoms. The van der Waals surface area contributed by atoms with Gasteiger partial charge in [0.1, 0.15) is 5.82 Å². The van der Waals surface area contributed by atoms with Crippen molar-refractivity contribution in [1.82, 2.24) is 19.8 Å². The standard InChI is InChI=1S/C16H32N4/c1-7-16(8-2,20(10-4)11-5)14(17-9-3)15-18-12-13-19(15)6/h12-14,17H,7-11H2,1-6H3. The largest absolute Gasteiger partial charge is 0.337 e. The summed E-state index contributed by atoms with van der Waals surface area (Å²) in [5.74, 6) is 1.14. The van der Waals surface area contributed by atoms with E-state index in [1.807, 2.05) is 12.4 Å². The van der Waals surface area contributed by atoms with E-state index in [-0.39, 0.29) is 11.6 Å². The molecular weight excluding hydrogens is 248 g/mol. The van der Waals surface area contributed by atoms with Gasteiger partial charge in [-0.05, 0) is 32.5 Å². The summed E-state index contributed by atoms with van der Waals surface area (Å²) in [5.41, 5.74) is 0.124. The SMILES string of the molecule is CCNC(c1nccn1C)C(CC)(CC)N(CC)CC. The van der Waals surface area contributed by atoms with Crippen LogP contribution in [0.5, 0.6) is 0 Å². The molecule has 0 aliphatic rings. The summed E-state index contributed by atoms with van der Waals surface area (Å²) in [6.45, 7) is 14.4. The van der Waals surface area contributed by atoms with Gasteiger partial charge >= 0.3 is 0 Å². The zero-order valence-corrected chi connectivity index (χ0v) is 14.1. The normalized spacial score (nSPS) is 13.9. The molecule has 4 heteroatoms. The highest BCUT2D eigenvalue weighted by Gasteiger charge is 2.42. The lowest BCUT2D eigenvalue weighted by Crippen LogP contribution is -2.56. The van der Waals surface area contributed by atoms with Crippen molar-refractivity contribution in [1.29, 1.82) is 0 Å². The van der Waals surface area contributed by atoms with Crippen LogP contribution in [-0.4, -0.2) is 39.6 Å². The maximum absolute atomic E-state index is 4.62. The minimum Gasteiger partial charge on any atom is -0.337 e. The van der Waals surface area contributed by atoms with Gasteiger partial charge < -0.3 is 9.88 Å². The Balaban J connectivity index is 3.28. The Morgan fingerprint density at radius 2 is 1.80 bits per heavy atom. The highest BCUT2D eigenvalue weighted by atomic mass is 15.2. The van der Waals surface area contributed by atoms with Crippen LogP contribution in [0, 0.1) is 0 Å². The first-order valence-corrected chi connectivity index (χ1v) is 8.06. The number of hydrogen-bond acceptors (Lipinski definition) is 3. The zero-order valence-electron chi connectivity index (χ0n) is 14.1. The summed E-state index contributed by atoms with van der Waals surface area (Å²) in [6.07, 6.45) is 6.18. The average Bonchev–Trinajstić information content (AvgIpc) is 2.89. The maximum Gasteiger partial charge on any atom is 0.127 e. The van der Waals surface area contributed by atoms with Crippen LogP contribution < -0.4 is 5.32 Å². The molecule has 0 amide bonds. The number of aryl methyl sites for hydroxylation is 1. The Kier molecular flexibility index (Phi) is 6.69. The molecule has 1 N–H and O–H groups in total. The Morgan fingerprint density at radius 3 is 2.15 bits per heavy atom. The predicted molar refractivity (Wildman–Crippen MR) is 85.9 cm³/mol. The van der Waals surface area contributed by atoms with Crippen molar-refractivity contribution in [2.24, 2.45) is 7.05 Å². The van der Waals surface area contributed by atoms with Crippen LogP contribution in [0.25, 0.3) is 0 Å². The quantitative estimate of drug-likeness (QED) is 0.755. The third kappa shape index (κ3) is 3.07. The van der Waals surface area contributed by atoms with Gasteiger partial charge in [0.15, 0.2) is 0 Å². The molecule has 1 heterocycles. The highest BCUT2D eigenvalue weighted by Crippen LogP contribution is 2.36. The number of rotatable bonds is 9. The molecule has 4 nitrogen and oxygen atoms in total. The summed E-state index contributed by atoms with van der Waals surface area (Å²) >= 11 is 0. The smallest absolute Gasteiger partial charge is 0.127 e. The van der Waals surface area contributed by atoms with Gasteiger partial charge in [-0.2, -0.15) is 0 Å². The molecule has 1 aromatic heterocycles. The van der Waals surface area contributed by atoms with E-state index in [0.717, 1.165) is 38.3 Å². The first-order chi connectivity index (χ1) is 9.61. The Hall–Kier alpha value is -0.870. The fourth-order valence-electron chi connectivity index (χ4n) is 3.52. The van der Waals surface area contributed by atoms with Gasteiger partial charge in [0.25, 0.3) is 0 Å². The van der Waals surface area contributed by atoms with E-state index in [4.69, 9.17) is 0 Å². The number of nitrogens with zero attached hydrogens (tertiary/aromatic N) is 3. The molecule has 1 unspecified atom stereocenters. The van der Waals surface area contributed by atoms with Crippen molar-refractivity contribution in [3.8, 4) is 0 Å². The minimum atomic E-state index is 0.124. The molecule has 1 rings (SSSR count). The fourth-order valence-corrected chi connectivity index (χ4v) is 3.52. The molecule has 0 spiro atoms. The van der Waals surface area contributed by atoms with Crippen LogP contribution in [0.1, 0.15) is 59.3 Å². The lowest BCUT2D eigenvalue weighted by atomic mass is 9.81. The maximum atomic E-state index is 4.62. The van der Waals surface area contributed by atoms with Crippen LogP contribution in [0.3, 0.4) is 0 Å². The fraction of sp³-hybridized carbons (Fsp3) is 0.812. The van der Waals surface area contributed by atoms with E-state index in [0.29, 0.717) is 0 Å². The van der Waals surface area contributed by atoms with Gasteiger partial charge in [0.2, 0.25) is 0 Å². The lowest BCUT2D eigenvalue weighted by molar-refractivity contribution is 0.0452. The van der Waals surface area contributed by atoms with Crippen molar-refractivity contribution in [2.75, 3.05) is 19.6 Å². The molecule has 1 aromatic rings. The third-order valence-electron chi connectivity index (χ3n) is 4.68. The van der Waals surface area contributed by atoms with Crippen LogP contribution in [0.2, 0.25) is 0 Å². The Labute approximate surface area is 124 Å². The summed E-state index contributed by atoms with van der Waals surface area (Å²) in [4.78, 5) is 7.21. The summed E-state index contributed by atoms with van der Waals surface area (Å²) in [6, 6.07) is 0.266. The topological polar surface area (TPSA) is 33.1 Å². The molecule has 20 heavy (non-hydrogen) atoms. The van der Waals surface area contributed by atoms with Crippen molar-refractivity contribution < 1.29 is 0 Å². The van der Waals surface area contributed by atoms with Crippen molar-refractivity contribution in [2.45, 2.75) is 59.0 Å². The van der Waals surface area contributed by atoms with E-state index in [1.54, 1.807) is 0 Å². The molecular formula is C16H32N4. The second-order valence-corrected chi connectivity index (χ2v) is 5.37. The zero-order chi connectivity index (χ0) is 15.2. The van der Waals surface area contributed by atoms with Crippen molar-refractivity contribution >= 4 is 0 Å². The van der Waals surface area contributed by atoms with Crippen LogP contribution in [0.15, 0.2) is 12.4 Å². The van der Waals surface area contributed by atoms with Gasteiger partial charge in [-0.3, -0.25) is 4.90 Å². The van der Waals surface area contributed by atoms with Gasteiger partial charge in [0.05, 0.1) is 6.04 Å². The highest BCUT2D eigenvalue weighted by molar-refractivity contribution is 5.10. The average molecular weight is 280 g/mol. The van der Waals surface area contributed by atoms with E-state index < -0.39 is 0 Å². The first kappa shape index (κ1) is 17.2. The lowest BCUT2D eigenvalue weighted by Gasteiger charge is -2.47. The monoisotopic (exact) mass is 280 g/mol. The van der Waals surface area contributed by atoms with E-state index in [2.05, 4.69) is 61.4 Å². The molecule has 0 aliphatic carbocycles. The summed E-state index contributed by atoms with van der Waals surface area (Å²) in [7, 11) is 2.09. The van der Waals surface area contributed by atoms with Gasteiger partial charge in [0, 0.05) is 25.0 Å². The summed E-state index contributed by atoms with van der Waals surface area (Å²) < 4.78 is 2.15. The van der Waals surface area contributed by atoms with Gasteiger partial charge in [-0.25, -0.2) is 4.98 Å². The number of hydrogen-bond donors (Lipinski definition) is 1. The molecule has 0 aliphatic heterocycles. The summed E-state index contributed by atoms with van der Waals surface area (Å²) in [5, 5.41) is 3.69. The first-order valence-electron chi connectivity index (χ1n) is 8.06. The van der Waals surface area contributed by atoms with Crippen LogP contribution in [0.4, 0.5) is 0 Å². The molecule has 0 saturated heterocycles. The Bertz CT molecular complexity index is 378. The molecule has 0 radical (unpaired) electrons. The van der Waals surface area contributed by atoms with Crippen molar-refractivity contribution in [3.63, 3.8) is 0 Å². The number of nitrogens with one attached hydrogen (secondary N) is 1. The van der Waals surface area contributed by atoms with Gasteiger partial charge in [-0.1, -0.05) is 34.6 Å². The van der Waals surface area contributed by atoms with Crippen LogP contribution in [-0.2, 0) is 7.05 Å². The molecule has 0 fully saturated rings. The third-order valence-corrected chi connectivity index (χ3v) is 4.68. The number of aromatic nitrogens is 2. The van der Waals surface area contributed by atoms with E-state index in [1.165, 1.54) is 0 Å². The molecule has 116 valence electrons. The van der Waals surface area contributed by atoms with Gasteiger partial charge in [-0.15, -0.1) is 0 Å².